The second-order valence-corrected chi connectivity index (χ2v) is 6.10. The van der Waals surface area contributed by atoms with Gasteiger partial charge in [0.25, 0.3) is 11.5 Å². The maximum atomic E-state index is 12.7. The van der Waals surface area contributed by atoms with Gasteiger partial charge in [0.05, 0.1) is 18.8 Å². The number of rotatable bonds is 4. The summed E-state index contributed by atoms with van der Waals surface area (Å²) in [5.41, 5.74) is 1.57. The molecule has 0 aromatic carbocycles. The first-order chi connectivity index (χ1) is 13.2. The highest BCUT2D eigenvalue weighted by Gasteiger charge is 2.28. The van der Waals surface area contributed by atoms with Crippen molar-refractivity contribution in [1.82, 2.24) is 24.8 Å². The van der Waals surface area contributed by atoms with E-state index >= 15 is 0 Å². The van der Waals surface area contributed by atoms with Crippen molar-refractivity contribution in [3.63, 3.8) is 0 Å². The number of fused-ring (bicyclic) bond motifs is 1. The molecule has 1 N–H and O–H groups in total. The van der Waals surface area contributed by atoms with Gasteiger partial charge < -0.3 is 10.1 Å². The molecule has 0 saturated carbocycles. The Bertz CT molecular complexity index is 1050. The molecule has 3 aromatic heterocycles. The highest BCUT2D eigenvalue weighted by atomic mass is 16.5. The SMILES string of the molecule is COc1ncccc1C(=O)NC1CCn2c1nc(-c1ccncc1)cc2=O. The number of hydrogen-bond acceptors (Lipinski definition) is 6. The molecule has 0 aliphatic carbocycles. The van der Waals surface area contributed by atoms with Crippen LogP contribution in [0, 0.1) is 0 Å². The Kier molecular flexibility index (Phi) is 4.37. The fraction of sp³-hybridized carbons (Fsp3) is 0.211. The first-order valence-electron chi connectivity index (χ1n) is 8.49. The zero-order valence-corrected chi connectivity index (χ0v) is 14.6. The van der Waals surface area contributed by atoms with Crippen molar-refractivity contribution in [3.8, 4) is 17.1 Å². The van der Waals surface area contributed by atoms with Gasteiger partial charge in [0.2, 0.25) is 5.88 Å². The van der Waals surface area contributed by atoms with Crippen LogP contribution in [-0.2, 0) is 6.54 Å². The summed E-state index contributed by atoms with van der Waals surface area (Å²) in [6.07, 6.45) is 5.45. The number of nitrogens with zero attached hydrogens (tertiary/aromatic N) is 4. The van der Waals surface area contributed by atoms with Crippen LogP contribution in [-0.4, -0.2) is 32.5 Å². The van der Waals surface area contributed by atoms with Crippen molar-refractivity contribution in [2.24, 2.45) is 0 Å². The van der Waals surface area contributed by atoms with Gasteiger partial charge in [0.1, 0.15) is 11.4 Å². The summed E-state index contributed by atoms with van der Waals surface area (Å²) < 4.78 is 6.74. The molecule has 4 heterocycles. The molecular formula is C19H17N5O3. The molecule has 8 heteroatoms. The maximum Gasteiger partial charge on any atom is 0.257 e. The molecular weight excluding hydrogens is 346 g/mol. The monoisotopic (exact) mass is 363 g/mol. The van der Waals surface area contributed by atoms with E-state index in [1.54, 1.807) is 47.4 Å². The zero-order chi connectivity index (χ0) is 18.8. The van der Waals surface area contributed by atoms with Crippen LogP contribution in [0.2, 0.25) is 0 Å². The van der Waals surface area contributed by atoms with Crippen LogP contribution in [0.5, 0.6) is 5.88 Å². The van der Waals surface area contributed by atoms with Gasteiger partial charge in [-0.05, 0) is 30.7 Å². The Labute approximate surface area is 154 Å². The number of pyridine rings is 2. The molecule has 1 unspecified atom stereocenters. The summed E-state index contributed by atoms with van der Waals surface area (Å²) in [6.45, 7) is 0.507. The lowest BCUT2D eigenvalue weighted by atomic mass is 10.1. The lowest BCUT2D eigenvalue weighted by Gasteiger charge is -2.14. The number of hydrogen-bond donors (Lipinski definition) is 1. The fourth-order valence-electron chi connectivity index (χ4n) is 3.17. The van der Waals surface area contributed by atoms with Gasteiger partial charge in [0.15, 0.2) is 0 Å². The smallest absolute Gasteiger partial charge is 0.257 e. The zero-order valence-electron chi connectivity index (χ0n) is 14.6. The maximum absolute atomic E-state index is 12.7. The van der Waals surface area contributed by atoms with E-state index in [2.05, 4.69) is 20.3 Å². The molecule has 4 rings (SSSR count). The molecule has 3 aromatic rings. The first kappa shape index (κ1) is 16.9. The summed E-state index contributed by atoms with van der Waals surface area (Å²) in [6, 6.07) is 8.04. The van der Waals surface area contributed by atoms with Crippen molar-refractivity contribution < 1.29 is 9.53 Å². The van der Waals surface area contributed by atoms with Crippen LogP contribution in [0.25, 0.3) is 11.3 Å². The minimum absolute atomic E-state index is 0.137. The van der Waals surface area contributed by atoms with Crippen molar-refractivity contribution >= 4 is 5.91 Å². The summed E-state index contributed by atoms with van der Waals surface area (Å²) >= 11 is 0. The van der Waals surface area contributed by atoms with Crippen LogP contribution < -0.4 is 15.6 Å². The number of methoxy groups -OCH3 is 1. The normalized spacial score (nSPS) is 15.2. The Morgan fingerprint density at radius 1 is 1.26 bits per heavy atom. The van der Waals surface area contributed by atoms with Crippen molar-refractivity contribution in [1.29, 1.82) is 0 Å². The minimum atomic E-state index is -0.364. The third-order valence-corrected chi connectivity index (χ3v) is 4.48. The van der Waals surface area contributed by atoms with E-state index in [0.29, 0.717) is 30.0 Å². The van der Waals surface area contributed by atoms with Crippen molar-refractivity contribution in [3.05, 3.63) is 70.7 Å². The van der Waals surface area contributed by atoms with Crippen molar-refractivity contribution in [2.75, 3.05) is 7.11 Å². The second-order valence-electron chi connectivity index (χ2n) is 6.10. The second kappa shape index (κ2) is 6.99. The van der Waals surface area contributed by atoms with Gasteiger partial charge in [0, 0.05) is 36.8 Å². The molecule has 8 nitrogen and oxygen atoms in total. The van der Waals surface area contributed by atoms with Crippen LogP contribution in [0.15, 0.2) is 53.7 Å². The van der Waals surface area contributed by atoms with Crippen molar-refractivity contribution in [2.45, 2.75) is 19.0 Å². The van der Waals surface area contributed by atoms with E-state index in [1.807, 2.05) is 0 Å². The summed E-state index contributed by atoms with van der Waals surface area (Å²) in [7, 11) is 1.46. The molecule has 136 valence electrons. The molecule has 0 spiro atoms. The van der Waals surface area contributed by atoms with E-state index in [0.717, 1.165) is 5.56 Å². The third kappa shape index (κ3) is 3.17. The van der Waals surface area contributed by atoms with E-state index in [-0.39, 0.29) is 23.4 Å². The topological polar surface area (TPSA) is 99.0 Å². The summed E-state index contributed by atoms with van der Waals surface area (Å²) in [5.74, 6) is 0.483. The lowest BCUT2D eigenvalue weighted by Crippen LogP contribution is -2.30. The molecule has 1 aliphatic rings. The average molecular weight is 363 g/mol. The van der Waals surface area contributed by atoms with E-state index in [9.17, 15) is 9.59 Å². The van der Waals surface area contributed by atoms with Gasteiger partial charge in [-0.3, -0.25) is 19.1 Å². The highest BCUT2D eigenvalue weighted by molar-refractivity contribution is 5.96. The quantitative estimate of drug-likeness (QED) is 0.756. The van der Waals surface area contributed by atoms with Crippen LogP contribution >= 0.6 is 0 Å². The summed E-state index contributed by atoms with van der Waals surface area (Å²) in [4.78, 5) is 37.8. The molecule has 1 amide bonds. The Morgan fingerprint density at radius 2 is 2.07 bits per heavy atom. The first-order valence-corrected chi connectivity index (χ1v) is 8.49. The molecule has 0 saturated heterocycles. The molecule has 1 atom stereocenters. The van der Waals surface area contributed by atoms with Gasteiger partial charge in [-0.1, -0.05) is 0 Å². The number of carbonyl (C=O) groups excluding carboxylic acids is 1. The number of nitrogens with one attached hydrogen (secondary N) is 1. The highest BCUT2D eigenvalue weighted by Crippen LogP contribution is 2.26. The standard InChI is InChI=1S/C19H17N5O3/c1-27-19-13(3-2-7-21-19)18(26)23-14-6-10-24-16(25)11-15(22-17(14)24)12-4-8-20-9-5-12/h2-5,7-9,11,14H,6,10H2,1H3,(H,23,26). The predicted octanol–water partition coefficient (Wildman–Crippen LogP) is 1.58. The number of aromatic nitrogens is 4. The Balaban J connectivity index is 1.66. The molecule has 1 aliphatic heterocycles. The van der Waals surface area contributed by atoms with E-state index in [1.165, 1.54) is 13.2 Å². The lowest BCUT2D eigenvalue weighted by molar-refractivity contribution is 0.0932. The molecule has 0 bridgehead atoms. The largest absolute Gasteiger partial charge is 0.480 e. The number of ether oxygens (including phenoxy) is 1. The molecule has 0 radical (unpaired) electrons. The number of amides is 1. The predicted molar refractivity (Wildman–Crippen MR) is 97.3 cm³/mol. The van der Waals surface area contributed by atoms with E-state index in [4.69, 9.17) is 4.74 Å². The molecule has 0 fully saturated rings. The third-order valence-electron chi connectivity index (χ3n) is 4.48. The van der Waals surface area contributed by atoms with E-state index < -0.39 is 0 Å². The van der Waals surface area contributed by atoms with Crippen LogP contribution in [0.4, 0.5) is 0 Å². The minimum Gasteiger partial charge on any atom is -0.480 e. The van der Waals surface area contributed by atoms with Gasteiger partial charge in [-0.2, -0.15) is 0 Å². The fourth-order valence-corrected chi connectivity index (χ4v) is 3.17. The van der Waals surface area contributed by atoms with Crippen LogP contribution in [0.3, 0.4) is 0 Å². The summed E-state index contributed by atoms with van der Waals surface area (Å²) in [5, 5.41) is 2.94. The van der Waals surface area contributed by atoms with Gasteiger partial charge in [-0.15, -0.1) is 0 Å². The molecule has 27 heavy (non-hydrogen) atoms. The number of carbonyl (C=O) groups is 1. The average Bonchev–Trinajstić information content (AvgIpc) is 3.12. The van der Waals surface area contributed by atoms with Gasteiger partial charge >= 0.3 is 0 Å². The Morgan fingerprint density at radius 3 is 2.85 bits per heavy atom. The Hall–Kier alpha value is -3.55. The van der Waals surface area contributed by atoms with Gasteiger partial charge in [-0.25, -0.2) is 9.97 Å². The van der Waals surface area contributed by atoms with Crippen LogP contribution in [0.1, 0.15) is 28.6 Å².